The third-order valence-corrected chi connectivity index (χ3v) is 2.79. The molecule has 0 aliphatic carbocycles. The minimum Gasteiger partial charge on any atom is -0.481 e. The van der Waals surface area contributed by atoms with Gasteiger partial charge in [0.2, 0.25) is 11.8 Å². The maximum absolute atomic E-state index is 13.5. The van der Waals surface area contributed by atoms with Crippen LogP contribution in [0.25, 0.3) is 0 Å². The van der Waals surface area contributed by atoms with Crippen LogP contribution in [0.15, 0.2) is 24.4 Å². The van der Waals surface area contributed by atoms with Crippen molar-refractivity contribution in [3.63, 3.8) is 0 Å². The third-order valence-electron chi connectivity index (χ3n) is 2.79. The van der Waals surface area contributed by atoms with Crippen LogP contribution in [0.4, 0.5) is 10.3 Å². The lowest BCUT2D eigenvalue weighted by Crippen LogP contribution is -2.05. The lowest BCUT2D eigenvalue weighted by Gasteiger charge is -2.08. The second kappa shape index (κ2) is 5.65. The summed E-state index contributed by atoms with van der Waals surface area (Å²) >= 11 is 0. The van der Waals surface area contributed by atoms with E-state index in [0.717, 1.165) is 5.56 Å². The topological polar surface area (TPSA) is 47.0 Å². The molecule has 0 unspecified atom stereocenters. The summed E-state index contributed by atoms with van der Waals surface area (Å²) in [4.78, 5) is 8.24. The average Bonchev–Trinajstić information content (AvgIpc) is 2.42. The Balaban J connectivity index is 2.10. The van der Waals surface area contributed by atoms with Crippen molar-refractivity contribution in [1.82, 2.24) is 9.97 Å². The van der Waals surface area contributed by atoms with Crippen molar-refractivity contribution in [3.05, 3.63) is 46.9 Å². The molecule has 0 aliphatic heterocycles. The number of rotatable bonds is 4. The molecule has 0 amide bonds. The van der Waals surface area contributed by atoms with E-state index in [0.29, 0.717) is 29.5 Å². The number of aryl methyl sites for hydroxylation is 2. The van der Waals surface area contributed by atoms with E-state index in [1.165, 1.54) is 0 Å². The van der Waals surface area contributed by atoms with Gasteiger partial charge in [-0.2, -0.15) is 4.98 Å². The van der Waals surface area contributed by atoms with Gasteiger partial charge >= 0.3 is 0 Å². The Morgan fingerprint density at radius 3 is 2.58 bits per heavy atom. The SMILES string of the molecule is COc1ccnc(NCc2cc(C)c(F)c(C)c2)n1. The molecule has 100 valence electrons. The summed E-state index contributed by atoms with van der Waals surface area (Å²) in [6, 6.07) is 5.31. The second-order valence-electron chi connectivity index (χ2n) is 4.32. The van der Waals surface area contributed by atoms with Gasteiger partial charge in [-0.1, -0.05) is 12.1 Å². The van der Waals surface area contributed by atoms with E-state index in [1.807, 2.05) is 12.1 Å². The number of methoxy groups -OCH3 is 1. The zero-order valence-electron chi connectivity index (χ0n) is 11.2. The Bertz CT molecular complexity index is 564. The van der Waals surface area contributed by atoms with Gasteiger partial charge in [0.1, 0.15) is 5.82 Å². The molecule has 0 bridgehead atoms. The highest BCUT2D eigenvalue weighted by Gasteiger charge is 2.05. The Kier molecular flexibility index (Phi) is 3.94. The Hall–Kier alpha value is -2.17. The number of nitrogens with one attached hydrogen (secondary N) is 1. The minimum absolute atomic E-state index is 0.151. The molecule has 1 heterocycles. The maximum atomic E-state index is 13.5. The fraction of sp³-hybridized carbons (Fsp3) is 0.286. The monoisotopic (exact) mass is 261 g/mol. The van der Waals surface area contributed by atoms with Crippen molar-refractivity contribution in [2.24, 2.45) is 0 Å². The van der Waals surface area contributed by atoms with Crippen LogP contribution >= 0.6 is 0 Å². The smallest absolute Gasteiger partial charge is 0.226 e. The molecule has 1 N–H and O–H groups in total. The van der Waals surface area contributed by atoms with Crippen LogP contribution in [0, 0.1) is 19.7 Å². The molecule has 0 atom stereocenters. The summed E-state index contributed by atoms with van der Waals surface area (Å²) < 4.78 is 18.5. The van der Waals surface area contributed by atoms with Gasteiger partial charge in [0.25, 0.3) is 0 Å². The van der Waals surface area contributed by atoms with Gasteiger partial charge in [-0.3, -0.25) is 0 Å². The van der Waals surface area contributed by atoms with Crippen LogP contribution in [-0.4, -0.2) is 17.1 Å². The molecule has 19 heavy (non-hydrogen) atoms. The molecule has 0 saturated carbocycles. The molecule has 0 saturated heterocycles. The van der Waals surface area contributed by atoms with Crippen molar-refractivity contribution in [2.45, 2.75) is 20.4 Å². The highest BCUT2D eigenvalue weighted by Crippen LogP contribution is 2.16. The number of ether oxygens (including phenoxy) is 1. The van der Waals surface area contributed by atoms with Crippen LogP contribution in [-0.2, 0) is 6.54 Å². The van der Waals surface area contributed by atoms with E-state index in [1.54, 1.807) is 33.2 Å². The highest BCUT2D eigenvalue weighted by atomic mass is 19.1. The molecule has 2 aromatic rings. The van der Waals surface area contributed by atoms with Gasteiger partial charge in [0, 0.05) is 18.8 Å². The summed E-state index contributed by atoms with van der Waals surface area (Å²) in [5.41, 5.74) is 2.27. The molecular formula is C14H16FN3O. The molecule has 0 aliphatic rings. The zero-order valence-corrected chi connectivity index (χ0v) is 11.2. The van der Waals surface area contributed by atoms with Gasteiger partial charge in [0.15, 0.2) is 0 Å². The van der Waals surface area contributed by atoms with E-state index in [9.17, 15) is 4.39 Å². The molecule has 1 aromatic heterocycles. The lowest BCUT2D eigenvalue weighted by atomic mass is 10.1. The standard InChI is InChI=1S/C14H16FN3O/c1-9-6-11(7-10(2)13(9)15)8-17-14-16-5-4-12(18-14)19-3/h4-7H,8H2,1-3H3,(H,16,17,18). The highest BCUT2D eigenvalue weighted by molar-refractivity contribution is 5.34. The van der Waals surface area contributed by atoms with Crippen molar-refractivity contribution in [3.8, 4) is 5.88 Å². The number of aromatic nitrogens is 2. The van der Waals surface area contributed by atoms with E-state index in [4.69, 9.17) is 4.74 Å². The Labute approximate surface area is 111 Å². The van der Waals surface area contributed by atoms with Crippen LogP contribution in [0.1, 0.15) is 16.7 Å². The number of benzene rings is 1. The van der Waals surface area contributed by atoms with Gasteiger partial charge in [-0.15, -0.1) is 0 Å². The molecule has 0 fully saturated rings. The molecule has 5 heteroatoms. The predicted octanol–water partition coefficient (Wildman–Crippen LogP) is 2.85. The van der Waals surface area contributed by atoms with Gasteiger partial charge in [-0.05, 0) is 30.5 Å². The van der Waals surface area contributed by atoms with Gasteiger partial charge in [0.05, 0.1) is 7.11 Å². The molecular weight excluding hydrogens is 245 g/mol. The summed E-state index contributed by atoms with van der Waals surface area (Å²) in [5, 5.41) is 3.08. The van der Waals surface area contributed by atoms with Gasteiger partial charge < -0.3 is 10.1 Å². The molecule has 1 aromatic carbocycles. The maximum Gasteiger partial charge on any atom is 0.226 e. The summed E-state index contributed by atoms with van der Waals surface area (Å²) in [7, 11) is 1.55. The van der Waals surface area contributed by atoms with E-state index in [2.05, 4.69) is 15.3 Å². The first kappa shape index (κ1) is 13.3. The fourth-order valence-corrected chi connectivity index (χ4v) is 1.86. The zero-order chi connectivity index (χ0) is 13.8. The summed E-state index contributed by atoms with van der Waals surface area (Å²) in [5.74, 6) is 0.837. The van der Waals surface area contributed by atoms with Crippen molar-refractivity contribution in [2.75, 3.05) is 12.4 Å². The quantitative estimate of drug-likeness (QED) is 0.919. The first-order chi connectivity index (χ1) is 9.10. The number of anilines is 1. The van der Waals surface area contributed by atoms with Crippen LogP contribution in [0.5, 0.6) is 5.88 Å². The van der Waals surface area contributed by atoms with E-state index >= 15 is 0 Å². The first-order valence-corrected chi connectivity index (χ1v) is 5.96. The van der Waals surface area contributed by atoms with Gasteiger partial charge in [-0.25, -0.2) is 9.37 Å². The normalized spacial score (nSPS) is 10.3. The summed E-state index contributed by atoms with van der Waals surface area (Å²) in [6.07, 6.45) is 1.62. The largest absolute Gasteiger partial charge is 0.481 e. The molecule has 0 spiro atoms. The third kappa shape index (κ3) is 3.19. The number of hydrogen-bond donors (Lipinski definition) is 1. The average molecular weight is 261 g/mol. The van der Waals surface area contributed by atoms with E-state index in [-0.39, 0.29) is 5.82 Å². The number of hydrogen-bond acceptors (Lipinski definition) is 4. The van der Waals surface area contributed by atoms with Crippen molar-refractivity contribution >= 4 is 5.95 Å². The number of halogens is 1. The van der Waals surface area contributed by atoms with Crippen LogP contribution in [0.2, 0.25) is 0 Å². The van der Waals surface area contributed by atoms with Crippen molar-refractivity contribution < 1.29 is 9.13 Å². The molecule has 0 radical (unpaired) electrons. The second-order valence-corrected chi connectivity index (χ2v) is 4.32. The van der Waals surface area contributed by atoms with Crippen LogP contribution in [0.3, 0.4) is 0 Å². The fourth-order valence-electron chi connectivity index (χ4n) is 1.86. The first-order valence-electron chi connectivity index (χ1n) is 5.96. The number of nitrogens with zero attached hydrogens (tertiary/aromatic N) is 2. The predicted molar refractivity (Wildman–Crippen MR) is 71.8 cm³/mol. The molecule has 2 rings (SSSR count). The van der Waals surface area contributed by atoms with Crippen molar-refractivity contribution in [1.29, 1.82) is 0 Å². The Morgan fingerprint density at radius 2 is 1.95 bits per heavy atom. The molecule has 4 nitrogen and oxygen atoms in total. The lowest BCUT2D eigenvalue weighted by molar-refractivity contribution is 0.397. The van der Waals surface area contributed by atoms with Crippen LogP contribution < -0.4 is 10.1 Å². The summed E-state index contributed by atoms with van der Waals surface area (Å²) in [6.45, 7) is 4.05. The minimum atomic E-state index is -0.151. The van der Waals surface area contributed by atoms with E-state index < -0.39 is 0 Å². The Morgan fingerprint density at radius 1 is 1.26 bits per heavy atom.